The first kappa shape index (κ1) is 22.3. The molecular weight excluding hydrogens is 392 g/mol. The Morgan fingerprint density at radius 1 is 0.645 bits per heavy atom. The quantitative estimate of drug-likeness (QED) is 0.471. The monoisotopic (exact) mass is 430 g/mol. The Morgan fingerprint density at radius 2 is 1.03 bits per heavy atom. The third-order valence-electron chi connectivity index (χ3n) is 7.28. The Morgan fingerprint density at radius 3 is 1.42 bits per heavy atom. The molecule has 0 unspecified atom stereocenters. The molecule has 2 aromatic rings. The zero-order chi connectivity index (χ0) is 22.2. The number of benzene rings is 2. The van der Waals surface area contributed by atoms with Gasteiger partial charge in [0.25, 0.3) is 0 Å². The summed E-state index contributed by atoms with van der Waals surface area (Å²) in [6.45, 7) is 7.45. The van der Waals surface area contributed by atoms with Crippen molar-refractivity contribution in [3.05, 3.63) is 82.9 Å². The molecule has 4 rings (SSSR count). The first-order chi connectivity index (χ1) is 14.8. The van der Waals surface area contributed by atoms with E-state index in [2.05, 4.69) is 112 Å². The van der Waals surface area contributed by atoms with Crippen LogP contribution >= 0.6 is 0 Å². The van der Waals surface area contributed by atoms with Gasteiger partial charge in [0.05, 0.1) is 8.07 Å². The van der Waals surface area contributed by atoms with E-state index in [1.54, 1.807) is 22.3 Å². The van der Waals surface area contributed by atoms with Crippen LogP contribution in [0.2, 0.25) is 13.1 Å². The van der Waals surface area contributed by atoms with Gasteiger partial charge >= 0.3 is 0 Å². The van der Waals surface area contributed by atoms with Crippen molar-refractivity contribution in [3.63, 3.8) is 0 Å². The molecule has 0 amide bonds. The zero-order valence-electron chi connectivity index (χ0n) is 20.2. The molecule has 0 radical (unpaired) electrons. The lowest BCUT2D eigenvalue weighted by atomic mass is 10.0. The molecule has 0 aromatic heterocycles. The highest BCUT2D eigenvalue weighted by molar-refractivity contribution is 6.81. The maximum atomic E-state index is 2.65. The van der Waals surface area contributed by atoms with Crippen LogP contribution in [0.1, 0.15) is 46.2 Å². The highest BCUT2D eigenvalue weighted by Crippen LogP contribution is 2.51. The van der Waals surface area contributed by atoms with E-state index in [4.69, 9.17) is 0 Å². The number of allylic oxidation sites excluding steroid dienone is 2. The Balaban J connectivity index is 1.70. The molecule has 2 aliphatic carbocycles. The minimum atomic E-state index is -1.72. The van der Waals surface area contributed by atoms with Crippen LogP contribution in [0.4, 0.5) is 0 Å². The van der Waals surface area contributed by atoms with E-state index in [-0.39, 0.29) is 0 Å². The van der Waals surface area contributed by atoms with Crippen LogP contribution in [0, 0.1) is 0 Å². The number of rotatable bonds is 8. The van der Waals surface area contributed by atoms with Crippen LogP contribution < -0.4 is 0 Å². The molecule has 0 saturated carbocycles. The maximum absolute atomic E-state index is 2.65. The molecule has 2 nitrogen and oxygen atoms in total. The Labute approximate surface area is 190 Å². The van der Waals surface area contributed by atoms with Crippen molar-refractivity contribution in [2.75, 3.05) is 41.3 Å². The van der Waals surface area contributed by atoms with E-state index >= 15 is 0 Å². The van der Waals surface area contributed by atoms with E-state index in [0.29, 0.717) is 11.1 Å². The molecule has 0 bridgehead atoms. The minimum absolute atomic E-state index is 0.573. The predicted octanol–water partition coefficient (Wildman–Crippen LogP) is 6.04. The maximum Gasteiger partial charge on any atom is 0.0715 e. The summed E-state index contributed by atoms with van der Waals surface area (Å²) >= 11 is 0. The largest absolute Gasteiger partial charge is 0.309 e. The van der Waals surface area contributed by atoms with Crippen molar-refractivity contribution in [1.29, 1.82) is 0 Å². The van der Waals surface area contributed by atoms with Crippen LogP contribution in [0.5, 0.6) is 0 Å². The molecule has 164 valence electrons. The van der Waals surface area contributed by atoms with Gasteiger partial charge in [-0.05, 0) is 85.5 Å². The van der Waals surface area contributed by atoms with Crippen LogP contribution in [-0.4, -0.2) is 59.2 Å². The van der Waals surface area contributed by atoms with E-state index in [9.17, 15) is 0 Å². The van der Waals surface area contributed by atoms with Gasteiger partial charge in [-0.25, -0.2) is 0 Å². The van der Waals surface area contributed by atoms with Crippen molar-refractivity contribution in [2.24, 2.45) is 0 Å². The SMILES string of the molecule is CN(C)CCC1=C[C@@H]([Si](C)(C)[C@H]2C=C(CCN(C)C)c3ccccc32)c2ccccc21. The molecule has 0 saturated heterocycles. The topological polar surface area (TPSA) is 6.48 Å². The van der Waals surface area contributed by atoms with Crippen molar-refractivity contribution in [3.8, 4) is 0 Å². The molecule has 0 N–H and O–H groups in total. The van der Waals surface area contributed by atoms with Gasteiger partial charge in [-0.15, -0.1) is 0 Å². The summed E-state index contributed by atoms with van der Waals surface area (Å²) in [5.41, 5.74) is 10.4. The molecule has 0 heterocycles. The molecule has 0 aliphatic heterocycles. The number of hydrogen-bond donors (Lipinski definition) is 0. The van der Waals surface area contributed by atoms with Crippen LogP contribution in [-0.2, 0) is 0 Å². The second-order valence-corrected chi connectivity index (χ2v) is 15.3. The minimum Gasteiger partial charge on any atom is -0.309 e. The number of fused-ring (bicyclic) bond motifs is 2. The van der Waals surface area contributed by atoms with Crippen LogP contribution in [0.15, 0.2) is 60.7 Å². The number of nitrogens with zero attached hydrogens (tertiary/aromatic N) is 2. The van der Waals surface area contributed by atoms with Gasteiger partial charge in [0.15, 0.2) is 0 Å². The standard InChI is InChI=1S/C28H38N2Si/c1-29(2)17-15-21-19-27(25-13-9-7-11-23(21)25)31(5,6)28-20-22(16-18-30(3)4)24-12-8-10-14-26(24)28/h7-14,19-20,27-28H,15-18H2,1-6H3/t27-,28+. The highest BCUT2D eigenvalue weighted by atomic mass is 28.3. The molecule has 2 aromatic carbocycles. The second-order valence-electron chi connectivity index (χ2n) is 10.4. The van der Waals surface area contributed by atoms with Gasteiger partial charge in [0.1, 0.15) is 0 Å². The normalized spacial score (nSPS) is 20.1. The van der Waals surface area contributed by atoms with Gasteiger partial charge in [-0.2, -0.15) is 0 Å². The van der Waals surface area contributed by atoms with Crippen molar-refractivity contribution in [1.82, 2.24) is 9.80 Å². The first-order valence-corrected chi connectivity index (χ1v) is 14.8. The van der Waals surface area contributed by atoms with E-state index in [0.717, 1.165) is 25.9 Å². The fourth-order valence-corrected chi connectivity index (χ4v) is 9.19. The van der Waals surface area contributed by atoms with Gasteiger partial charge in [0, 0.05) is 13.1 Å². The Bertz CT molecular complexity index is 920. The van der Waals surface area contributed by atoms with E-state index < -0.39 is 8.07 Å². The van der Waals surface area contributed by atoms with E-state index in [1.165, 1.54) is 11.1 Å². The average Bonchev–Trinajstić information content (AvgIpc) is 3.30. The molecule has 3 heteroatoms. The summed E-state index contributed by atoms with van der Waals surface area (Å²) < 4.78 is 0. The lowest BCUT2D eigenvalue weighted by Crippen LogP contribution is -2.39. The molecule has 0 fully saturated rings. The zero-order valence-corrected chi connectivity index (χ0v) is 21.2. The summed E-state index contributed by atoms with van der Waals surface area (Å²) in [6.07, 6.45) is 7.57. The van der Waals surface area contributed by atoms with Gasteiger partial charge < -0.3 is 9.80 Å². The van der Waals surface area contributed by atoms with Crippen molar-refractivity contribution < 1.29 is 0 Å². The predicted molar refractivity (Wildman–Crippen MR) is 138 cm³/mol. The fraction of sp³-hybridized carbons (Fsp3) is 0.429. The first-order valence-electron chi connectivity index (χ1n) is 11.7. The summed E-state index contributed by atoms with van der Waals surface area (Å²) in [5, 5.41) is 0. The van der Waals surface area contributed by atoms with Crippen molar-refractivity contribution >= 4 is 19.2 Å². The summed E-state index contributed by atoms with van der Waals surface area (Å²) in [5.74, 6) is 0. The van der Waals surface area contributed by atoms with Gasteiger partial charge in [-0.3, -0.25) is 0 Å². The van der Waals surface area contributed by atoms with E-state index in [1.807, 2.05) is 0 Å². The highest BCUT2D eigenvalue weighted by Gasteiger charge is 2.44. The number of hydrogen-bond acceptors (Lipinski definition) is 2. The van der Waals surface area contributed by atoms with Crippen LogP contribution in [0.3, 0.4) is 0 Å². The fourth-order valence-electron chi connectivity index (χ4n) is 5.43. The van der Waals surface area contributed by atoms with Crippen LogP contribution in [0.25, 0.3) is 11.1 Å². The molecule has 2 aliphatic rings. The summed E-state index contributed by atoms with van der Waals surface area (Å²) in [7, 11) is 6.98. The molecular formula is C28H38N2Si. The lowest BCUT2D eigenvalue weighted by Gasteiger charge is -2.35. The summed E-state index contributed by atoms with van der Waals surface area (Å²) in [6, 6.07) is 18.4. The summed E-state index contributed by atoms with van der Waals surface area (Å²) in [4.78, 5) is 4.60. The van der Waals surface area contributed by atoms with Gasteiger partial charge in [0.2, 0.25) is 0 Å². The second kappa shape index (κ2) is 8.89. The third-order valence-corrected chi connectivity index (χ3v) is 11.4. The smallest absolute Gasteiger partial charge is 0.0715 e. The Kier molecular flexibility index (Phi) is 6.39. The molecule has 0 spiro atoms. The third kappa shape index (κ3) is 4.37. The molecule has 31 heavy (non-hydrogen) atoms. The van der Waals surface area contributed by atoms with Crippen molar-refractivity contribution in [2.45, 2.75) is 37.0 Å². The average molecular weight is 431 g/mol. The Hall–Kier alpha value is -1.94. The molecule has 2 atom stereocenters. The van der Waals surface area contributed by atoms with Gasteiger partial charge in [-0.1, -0.05) is 73.8 Å². The lowest BCUT2D eigenvalue weighted by molar-refractivity contribution is 0.419.